The highest BCUT2D eigenvalue weighted by atomic mass is 32.1. The number of carbonyl (C=O) groups is 2. The van der Waals surface area contributed by atoms with Crippen molar-refractivity contribution in [3.8, 4) is 0 Å². The molecule has 0 fully saturated rings. The molecule has 134 valence electrons. The van der Waals surface area contributed by atoms with Crippen molar-refractivity contribution >= 4 is 28.8 Å². The molecule has 2 aromatic rings. The Balaban J connectivity index is 1.81. The monoisotopic (exact) mass is 359 g/mol. The molecule has 0 spiro atoms. The van der Waals surface area contributed by atoms with E-state index < -0.39 is 0 Å². The topological polar surface area (TPSA) is 70.2 Å². The Labute approximate surface area is 152 Å². The predicted molar refractivity (Wildman–Crippen MR) is 103 cm³/mol. The number of aryl methyl sites for hydroxylation is 1. The molecular formula is C19H25N3O2S. The minimum absolute atomic E-state index is 0.0297. The summed E-state index contributed by atoms with van der Waals surface area (Å²) in [5.41, 5.74) is 1.19. The van der Waals surface area contributed by atoms with E-state index in [0.29, 0.717) is 24.2 Å². The molecule has 0 saturated heterocycles. The van der Waals surface area contributed by atoms with Crippen LogP contribution in [-0.2, 0) is 11.2 Å². The highest BCUT2D eigenvalue weighted by Gasteiger charge is 2.09. The van der Waals surface area contributed by atoms with Gasteiger partial charge in [0.1, 0.15) is 0 Å². The smallest absolute Gasteiger partial charge is 0.251 e. The number of carbonyl (C=O) groups excluding carboxylic acids is 2. The Morgan fingerprint density at radius 2 is 2.04 bits per heavy atom. The van der Waals surface area contributed by atoms with E-state index in [2.05, 4.69) is 22.0 Å². The van der Waals surface area contributed by atoms with Crippen LogP contribution in [0.25, 0.3) is 0 Å². The Morgan fingerprint density at radius 3 is 2.76 bits per heavy atom. The second-order valence-electron chi connectivity index (χ2n) is 5.96. The molecule has 6 heteroatoms. The van der Waals surface area contributed by atoms with Crippen molar-refractivity contribution in [3.05, 3.63) is 52.2 Å². The van der Waals surface area contributed by atoms with Gasteiger partial charge in [0.15, 0.2) is 0 Å². The Bertz CT molecular complexity index is 686. The molecule has 1 heterocycles. The minimum atomic E-state index is -0.143. The SMILES string of the molecule is CNC(C)CNC(=O)c1cccc(NC(=O)CCCc2cccs2)c1. The molecule has 5 nitrogen and oxygen atoms in total. The van der Waals surface area contributed by atoms with Crippen molar-refractivity contribution in [2.45, 2.75) is 32.2 Å². The van der Waals surface area contributed by atoms with Crippen molar-refractivity contribution in [3.63, 3.8) is 0 Å². The second kappa shape index (κ2) is 9.96. The van der Waals surface area contributed by atoms with Gasteiger partial charge >= 0.3 is 0 Å². The molecule has 25 heavy (non-hydrogen) atoms. The first-order chi connectivity index (χ1) is 12.1. The molecule has 0 radical (unpaired) electrons. The lowest BCUT2D eigenvalue weighted by atomic mass is 10.1. The molecular weight excluding hydrogens is 334 g/mol. The molecule has 0 aliphatic carbocycles. The molecule has 0 bridgehead atoms. The van der Waals surface area contributed by atoms with Crippen molar-refractivity contribution in [2.24, 2.45) is 0 Å². The zero-order valence-corrected chi connectivity index (χ0v) is 15.5. The summed E-state index contributed by atoms with van der Waals surface area (Å²) in [6.07, 6.45) is 2.19. The van der Waals surface area contributed by atoms with E-state index in [1.165, 1.54) is 4.88 Å². The summed E-state index contributed by atoms with van der Waals surface area (Å²) in [6, 6.07) is 11.3. The molecule has 1 unspecified atom stereocenters. The van der Waals surface area contributed by atoms with Gasteiger partial charge in [0.2, 0.25) is 5.91 Å². The number of amides is 2. The summed E-state index contributed by atoms with van der Waals surface area (Å²) in [7, 11) is 1.85. The van der Waals surface area contributed by atoms with Crippen molar-refractivity contribution in [1.82, 2.24) is 10.6 Å². The molecule has 1 atom stereocenters. The minimum Gasteiger partial charge on any atom is -0.350 e. The van der Waals surface area contributed by atoms with Gasteiger partial charge in [-0.3, -0.25) is 9.59 Å². The third kappa shape index (κ3) is 6.68. The fourth-order valence-electron chi connectivity index (χ4n) is 2.29. The summed E-state index contributed by atoms with van der Waals surface area (Å²) in [4.78, 5) is 25.5. The van der Waals surface area contributed by atoms with Gasteiger partial charge in [-0.2, -0.15) is 0 Å². The first-order valence-corrected chi connectivity index (χ1v) is 9.34. The molecule has 1 aromatic heterocycles. The van der Waals surface area contributed by atoms with Gasteiger partial charge in [-0.25, -0.2) is 0 Å². The van der Waals surface area contributed by atoms with Gasteiger partial charge in [0, 0.05) is 35.1 Å². The van der Waals surface area contributed by atoms with E-state index in [4.69, 9.17) is 0 Å². The third-order valence-electron chi connectivity index (χ3n) is 3.88. The maximum Gasteiger partial charge on any atom is 0.251 e. The summed E-state index contributed by atoms with van der Waals surface area (Å²) in [5.74, 6) is -0.172. The fraction of sp³-hybridized carbons (Fsp3) is 0.368. The number of benzene rings is 1. The van der Waals surface area contributed by atoms with Crippen LogP contribution in [0.2, 0.25) is 0 Å². The molecule has 0 saturated carbocycles. The van der Waals surface area contributed by atoms with Crippen LogP contribution >= 0.6 is 11.3 Å². The van der Waals surface area contributed by atoms with Crippen LogP contribution in [0.3, 0.4) is 0 Å². The fourth-order valence-corrected chi connectivity index (χ4v) is 3.04. The largest absolute Gasteiger partial charge is 0.350 e. The van der Waals surface area contributed by atoms with Crippen molar-refractivity contribution in [2.75, 3.05) is 18.9 Å². The predicted octanol–water partition coefficient (Wildman–Crippen LogP) is 3.05. The Kier molecular flexibility index (Phi) is 7.63. The maximum absolute atomic E-state index is 12.2. The highest BCUT2D eigenvalue weighted by molar-refractivity contribution is 7.09. The normalized spacial score (nSPS) is 11.8. The average Bonchev–Trinajstić information content (AvgIpc) is 3.13. The second-order valence-corrected chi connectivity index (χ2v) is 6.99. The summed E-state index contributed by atoms with van der Waals surface area (Å²) in [6.45, 7) is 2.54. The number of rotatable bonds is 9. The first kappa shape index (κ1) is 19.1. The van der Waals surface area contributed by atoms with Crippen molar-refractivity contribution < 1.29 is 9.59 Å². The number of hydrogen-bond acceptors (Lipinski definition) is 4. The highest BCUT2D eigenvalue weighted by Crippen LogP contribution is 2.14. The van der Waals surface area contributed by atoms with Gasteiger partial charge in [-0.15, -0.1) is 11.3 Å². The zero-order valence-electron chi connectivity index (χ0n) is 14.7. The van der Waals surface area contributed by atoms with Gasteiger partial charge in [-0.05, 0) is 56.5 Å². The summed E-state index contributed by atoms with van der Waals surface area (Å²) >= 11 is 1.71. The van der Waals surface area contributed by atoms with Gasteiger partial charge < -0.3 is 16.0 Å². The number of likely N-dealkylation sites (N-methyl/N-ethyl adjacent to an activating group) is 1. The number of nitrogens with one attached hydrogen (secondary N) is 3. The molecule has 0 aliphatic rings. The van der Waals surface area contributed by atoms with Crippen LogP contribution in [0, 0.1) is 0 Å². The van der Waals surface area contributed by atoms with Crippen LogP contribution in [-0.4, -0.2) is 31.4 Å². The van der Waals surface area contributed by atoms with E-state index in [-0.39, 0.29) is 17.9 Å². The average molecular weight is 359 g/mol. The lowest BCUT2D eigenvalue weighted by Crippen LogP contribution is -2.37. The third-order valence-corrected chi connectivity index (χ3v) is 4.81. The van der Waals surface area contributed by atoms with Gasteiger partial charge in [0.25, 0.3) is 5.91 Å². The van der Waals surface area contributed by atoms with E-state index in [0.717, 1.165) is 12.8 Å². The lowest BCUT2D eigenvalue weighted by molar-refractivity contribution is -0.116. The van der Waals surface area contributed by atoms with E-state index >= 15 is 0 Å². The van der Waals surface area contributed by atoms with Crippen LogP contribution in [0.5, 0.6) is 0 Å². The number of anilines is 1. The molecule has 2 amide bonds. The quantitative estimate of drug-likeness (QED) is 0.644. The summed E-state index contributed by atoms with van der Waals surface area (Å²) < 4.78 is 0. The Morgan fingerprint density at radius 1 is 1.20 bits per heavy atom. The lowest BCUT2D eigenvalue weighted by Gasteiger charge is -2.12. The zero-order chi connectivity index (χ0) is 18.1. The number of hydrogen-bond donors (Lipinski definition) is 3. The standard InChI is InChI=1S/C19H25N3O2S/c1-14(20-2)13-21-19(24)15-6-3-7-16(12-15)22-18(23)10-4-8-17-9-5-11-25-17/h3,5-7,9,11-12,14,20H,4,8,10,13H2,1-2H3,(H,21,24)(H,22,23). The molecule has 1 aromatic carbocycles. The summed E-state index contributed by atoms with van der Waals surface area (Å²) in [5, 5.41) is 10.8. The van der Waals surface area contributed by atoms with E-state index in [1.807, 2.05) is 25.4 Å². The van der Waals surface area contributed by atoms with Crippen LogP contribution in [0.15, 0.2) is 41.8 Å². The van der Waals surface area contributed by atoms with Crippen LogP contribution in [0.1, 0.15) is 35.0 Å². The maximum atomic E-state index is 12.2. The molecule has 3 N–H and O–H groups in total. The van der Waals surface area contributed by atoms with Crippen molar-refractivity contribution in [1.29, 1.82) is 0 Å². The van der Waals surface area contributed by atoms with Crippen LogP contribution < -0.4 is 16.0 Å². The molecule has 2 rings (SSSR count). The van der Waals surface area contributed by atoms with Gasteiger partial charge in [0.05, 0.1) is 0 Å². The number of thiophene rings is 1. The van der Waals surface area contributed by atoms with Crippen LogP contribution in [0.4, 0.5) is 5.69 Å². The van der Waals surface area contributed by atoms with E-state index in [1.54, 1.807) is 35.6 Å². The molecule has 0 aliphatic heterocycles. The Hall–Kier alpha value is -2.18. The van der Waals surface area contributed by atoms with E-state index in [9.17, 15) is 9.59 Å². The first-order valence-electron chi connectivity index (χ1n) is 8.46. The van der Waals surface area contributed by atoms with Gasteiger partial charge in [-0.1, -0.05) is 12.1 Å².